The molecule has 1 aromatic heterocycles. The van der Waals surface area contributed by atoms with Crippen LogP contribution in [0.3, 0.4) is 0 Å². The summed E-state index contributed by atoms with van der Waals surface area (Å²) in [5.74, 6) is 2.94. The zero-order valence-corrected chi connectivity index (χ0v) is 26.4. The molecule has 0 fully saturated rings. The van der Waals surface area contributed by atoms with Gasteiger partial charge in [-0.3, -0.25) is 9.98 Å². The smallest absolute Gasteiger partial charge is 0.144 e. The summed E-state index contributed by atoms with van der Waals surface area (Å²) in [7, 11) is 3.92. The molecule has 5 nitrogen and oxygen atoms in total. The molecule has 0 saturated carbocycles. The van der Waals surface area contributed by atoms with E-state index < -0.39 is 0 Å². The van der Waals surface area contributed by atoms with Gasteiger partial charge in [-0.05, 0) is 73.3 Å². The molecule has 0 bridgehead atoms. The number of rotatable bonds is 15. The van der Waals surface area contributed by atoms with Crippen molar-refractivity contribution in [2.24, 2.45) is 10.4 Å². The van der Waals surface area contributed by atoms with E-state index in [9.17, 15) is 0 Å². The van der Waals surface area contributed by atoms with Crippen LogP contribution in [0.2, 0.25) is 0 Å². The highest BCUT2D eigenvalue weighted by Crippen LogP contribution is 2.30. The third kappa shape index (κ3) is 9.67. The predicted octanol–water partition coefficient (Wildman–Crippen LogP) is 8.32. The molecule has 216 valence electrons. The van der Waals surface area contributed by atoms with Crippen LogP contribution in [-0.2, 0) is 6.42 Å². The van der Waals surface area contributed by atoms with Crippen molar-refractivity contribution in [3.8, 4) is 5.75 Å². The molecule has 0 N–H and O–H groups in total. The summed E-state index contributed by atoms with van der Waals surface area (Å²) in [6.45, 7) is 14.2. The molecular formula is C34H48N4OS. The van der Waals surface area contributed by atoms with Crippen LogP contribution in [0.1, 0.15) is 58.6 Å². The van der Waals surface area contributed by atoms with E-state index >= 15 is 0 Å². The number of methoxy groups -OCH3 is 1. The number of hydrogen-bond acceptors (Lipinski definition) is 6. The van der Waals surface area contributed by atoms with Crippen molar-refractivity contribution in [3.05, 3.63) is 71.9 Å². The van der Waals surface area contributed by atoms with Crippen LogP contribution in [0.15, 0.2) is 65.8 Å². The maximum atomic E-state index is 5.54. The number of hydrogen-bond donors (Lipinski definition) is 0. The van der Waals surface area contributed by atoms with Crippen molar-refractivity contribution in [2.45, 2.75) is 53.9 Å². The molecule has 0 atom stereocenters. The molecular weight excluding hydrogens is 512 g/mol. The molecule has 1 heterocycles. The van der Waals surface area contributed by atoms with E-state index in [0.29, 0.717) is 0 Å². The molecule has 40 heavy (non-hydrogen) atoms. The van der Waals surface area contributed by atoms with Crippen molar-refractivity contribution in [1.82, 2.24) is 14.8 Å². The number of aliphatic imine (C=N–C) groups is 1. The van der Waals surface area contributed by atoms with Gasteiger partial charge in [-0.2, -0.15) is 0 Å². The minimum atomic E-state index is 0.0358. The van der Waals surface area contributed by atoms with Gasteiger partial charge in [-0.25, -0.2) is 0 Å². The van der Waals surface area contributed by atoms with E-state index in [1.807, 2.05) is 36.3 Å². The predicted molar refractivity (Wildman–Crippen MR) is 176 cm³/mol. The first-order valence-electron chi connectivity index (χ1n) is 14.5. The molecule has 0 unspecified atom stereocenters. The highest BCUT2D eigenvalue weighted by atomic mass is 32.2. The fourth-order valence-corrected chi connectivity index (χ4v) is 5.50. The first kappa shape index (κ1) is 31.7. The summed E-state index contributed by atoms with van der Waals surface area (Å²) in [5.41, 5.74) is 5.85. The molecule has 2 aromatic carbocycles. The van der Waals surface area contributed by atoms with Gasteiger partial charge in [0.15, 0.2) is 0 Å². The van der Waals surface area contributed by atoms with Gasteiger partial charge in [0.2, 0.25) is 0 Å². The molecule has 0 aliphatic heterocycles. The molecule has 0 aliphatic rings. The van der Waals surface area contributed by atoms with Crippen LogP contribution in [0, 0.1) is 5.41 Å². The van der Waals surface area contributed by atoms with Crippen LogP contribution in [0.5, 0.6) is 5.75 Å². The Morgan fingerprint density at radius 3 is 2.62 bits per heavy atom. The molecule has 0 radical (unpaired) electrons. The number of allylic oxidation sites excluding steroid dienone is 1. The summed E-state index contributed by atoms with van der Waals surface area (Å²) in [5, 5.41) is 1.21. The van der Waals surface area contributed by atoms with E-state index in [4.69, 9.17) is 9.73 Å². The number of nitrogens with zero attached hydrogens (tertiary/aromatic N) is 4. The number of thioether (sulfide) groups is 1. The number of pyridine rings is 1. The van der Waals surface area contributed by atoms with Crippen molar-refractivity contribution >= 4 is 40.3 Å². The third-order valence-corrected chi connectivity index (χ3v) is 7.92. The normalized spacial score (nSPS) is 12.6. The second-order valence-electron chi connectivity index (χ2n) is 11.3. The quantitative estimate of drug-likeness (QED) is 0.106. The SMILES string of the molecule is CC/C=C(\c1cccc2ncccc12)N(C)CSCCCN(CC)CCc1ccc(OC)c(N=CC(C)(C)C)c1. The van der Waals surface area contributed by atoms with Crippen LogP contribution < -0.4 is 4.74 Å². The molecule has 0 spiro atoms. The third-order valence-electron chi connectivity index (χ3n) is 6.78. The van der Waals surface area contributed by atoms with Crippen molar-refractivity contribution in [2.75, 3.05) is 45.4 Å². The highest BCUT2D eigenvalue weighted by molar-refractivity contribution is 7.99. The Hall–Kier alpha value is -2.83. The number of aromatic nitrogens is 1. The van der Waals surface area contributed by atoms with Crippen molar-refractivity contribution in [1.29, 1.82) is 0 Å². The largest absolute Gasteiger partial charge is 0.494 e. The molecule has 3 aromatic rings. The van der Waals surface area contributed by atoms with E-state index in [2.05, 4.69) is 98.9 Å². The first-order valence-corrected chi connectivity index (χ1v) is 15.7. The highest BCUT2D eigenvalue weighted by Gasteiger charge is 2.12. The van der Waals surface area contributed by atoms with Crippen LogP contribution >= 0.6 is 11.8 Å². The van der Waals surface area contributed by atoms with Gasteiger partial charge in [0, 0.05) is 42.7 Å². The summed E-state index contributed by atoms with van der Waals surface area (Å²) >= 11 is 2.01. The maximum Gasteiger partial charge on any atom is 0.144 e. The standard InChI is InChI=1S/C34H48N4OS/c1-8-13-32(29-14-10-16-30-28(29)15-11-20-35-30)37(6)26-40-23-12-21-38(9-2)22-19-27-17-18-33(39-7)31(24-27)36-25-34(3,4)5/h10-11,13-18,20,24-25H,8-9,12,19,21-23,26H2,1-7H3/b32-13+,36-25?. The van der Waals surface area contributed by atoms with Gasteiger partial charge in [0.05, 0.1) is 18.5 Å². The van der Waals surface area contributed by atoms with Crippen molar-refractivity contribution in [3.63, 3.8) is 0 Å². The van der Waals surface area contributed by atoms with Gasteiger partial charge < -0.3 is 14.5 Å². The lowest BCUT2D eigenvalue weighted by molar-refractivity contribution is 0.293. The van der Waals surface area contributed by atoms with Gasteiger partial charge in [0.1, 0.15) is 11.4 Å². The summed E-state index contributed by atoms with van der Waals surface area (Å²) in [4.78, 5) is 14.2. The minimum absolute atomic E-state index is 0.0358. The number of likely N-dealkylation sites (N-methyl/N-ethyl adjacent to an activating group) is 1. The topological polar surface area (TPSA) is 41.0 Å². The molecule has 6 heteroatoms. The Labute approximate surface area is 246 Å². The second kappa shape index (κ2) is 15.8. The van der Waals surface area contributed by atoms with Crippen LogP contribution in [-0.4, -0.2) is 66.4 Å². The van der Waals surface area contributed by atoms with Crippen molar-refractivity contribution < 1.29 is 4.74 Å². The zero-order valence-electron chi connectivity index (χ0n) is 25.6. The lowest BCUT2D eigenvalue weighted by Crippen LogP contribution is -2.27. The Bertz CT molecular complexity index is 1260. The Morgan fingerprint density at radius 1 is 1.07 bits per heavy atom. The van der Waals surface area contributed by atoms with Gasteiger partial charge in [-0.1, -0.05) is 65.0 Å². The first-order chi connectivity index (χ1) is 19.3. The van der Waals surface area contributed by atoms with Gasteiger partial charge >= 0.3 is 0 Å². The lowest BCUT2D eigenvalue weighted by Gasteiger charge is -2.24. The second-order valence-corrected chi connectivity index (χ2v) is 12.4. The van der Waals surface area contributed by atoms with Gasteiger partial charge in [0.25, 0.3) is 0 Å². The average Bonchev–Trinajstić information content (AvgIpc) is 2.95. The van der Waals surface area contributed by atoms with E-state index in [0.717, 1.165) is 61.1 Å². The molecule has 3 rings (SSSR count). The Kier molecular flexibility index (Phi) is 12.5. The fourth-order valence-electron chi connectivity index (χ4n) is 4.62. The number of benzene rings is 2. The zero-order chi connectivity index (χ0) is 29.0. The average molecular weight is 561 g/mol. The van der Waals surface area contributed by atoms with Crippen LogP contribution in [0.4, 0.5) is 5.69 Å². The van der Waals surface area contributed by atoms with E-state index in [1.165, 1.54) is 28.6 Å². The summed E-state index contributed by atoms with van der Waals surface area (Å²) < 4.78 is 5.54. The number of fused-ring (bicyclic) bond motifs is 1. The van der Waals surface area contributed by atoms with Gasteiger partial charge in [-0.15, -0.1) is 11.8 Å². The lowest BCUT2D eigenvalue weighted by atomic mass is 9.99. The number of ether oxygens (including phenoxy) is 1. The summed E-state index contributed by atoms with van der Waals surface area (Å²) in [6.07, 6.45) is 9.40. The minimum Gasteiger partial charge on any atom is -0.494 e. The monoisotopic (exact) mass is 560 g/mol. The Morgan fingerprint density at radius 2 is 1.90 bits per heavy atom. The maximum absolute atomic E-state index is 5.54. The fraction of sp³-hybridized carbons (Fsp3) is 0.471. The van der Waals surface area contributed by atoms with Crippen LogP contribution in [0.25, 0.3) is 16.6 Å². The van der Waals surface area contributed by atoms with E-state index in [1.54, 1.807) is 7.11 Å². The molecule has 0 saturated heterocycles. The molecule has 0 amide bonds. The Balaban J connectivity index is 1.49. The summed E-state index contributed by atoms with van der Waals surface area (Å²) in [6, 6.07) is 17.0. The van der Waals surface area contributed by atoms with E-state index in [-0.39, 0.29) is 5.41 Å². The molecule has 0 aliphatic carbocycles.